The molecule has 0 saturated heterocycles. The van der Waals surface area contributed by atoms with E-state index in [1.807, 2.05) is 42.3 Å². The molecule has 2 heterocycles. The van der Waals surface area contributed by atoms with E-state index >= 15 is 0 Å². The summed E-state index contributed by atoms with van der Waals surface area (Å²) in [6.07, 6.45) is 0.936. The average molecular weight is 319 g/mol. The number of ether oxygens (including phenoxy) is 1. The first-order chi connectivity index (χ1) is 10.7. The van der Waals surface area contributed by atoms with Crippen LogP contribution in [-0.4, -0.2) is 36.2 Å². The van der Waals surface area contributed by atoms with Crippen LogP contribution in [0.5, 0.6) is 0 Å². The Morgan fingerprint density at radius 3 is 2.82 bits per heavy atom. The van der Waals surface area contributed by atoms with Gasteiger partial charge in [0.25, 0.3) is 0 Å². The normalized spacial score (nSPS) is 13.7. The summed E-state index contributed by atoms with van der Waals surface area (Å²) in [5.74, 6) is 0.628. The first kappa shape index (κ1) is 14.6. The van der Waals surface area contributed by atoms with Gasteiger partial charge in [-0.3, -0.25) is 4.90 Å². The van der Waals surface area contributed by atoms with E-state index in [1.54, 1.807) is 0 Å². The quantitative estimate of drug-likeness (QED) is 0.797. The van der Waals surface area contributed by atoms with Crippen molar-refractivity contribution in [1.29, 1.82) is 0 Å². The molecule has 1 aromatic carbocycles. The maximum absolute atomic E-state index is 12.4. The van der Waals surface area contributed by atoms with Gasteiger partial charge in [-0.25, -0.2) is 14.8 Å². The molecule has 1 amide bonds. The monoisotopic (exact) mass is 318 g/mol. The van der Waals surface area contributed by atoms with E-state index in [0.717, 1.165) is 5.56 Å². The molecule has 3 rings (SSSR count). The van der Waals surface area contributed by atoms with Crippen LogP contribution in [0.1, 0.15) is 5.56 Å². The van der Waals surface area contributed by atoms with Crippen LogP contribution in [0.4, 0.5) is 16.3 Å². The Hall–Kier alpha value is -2.34. The number of aromatic nitrogens is 2. The molecule has 1 aromatic heterocycles. The highest BCUT2D eigenvalue weighted by Gasteiger charge is 2.30. The lowest BCUT2D eigenvalue weighted by molar-refractivity contribution is 0.147. The molecule has 0 radical (unpaired) electrons. The average Bonchev–Trinajstić information content (AvgIpc) is 2.55. The molecular formula is C15H15ClN4O2. The molecule has 0 saturated carbocycles. The SMILES string of the molecule is CN1CCN(C(=O)OCc2ccccc2)c2c(Cl)ncnc21. The second-order valence-corrected chi connectivity index (χ2v) is 5.31. The maximum Gasteiger partial charge on any atom is 0.414 e. The van der Waals surface area contributed by atoms with Crippen molar-refractivity contribution in [3.8, 4) is 0 Å². The molecule has 0 bridgehead atoms. The summed E-state index contributed by atoms with van der Waals surface area (Å²) in [7, 11) is 1.90. The number of rotatable bonds is 2. The Kier molecular flexibility index (Phi) is 4.11. The maximum atomic E-state index is 12.4. The zero-order valence-electron chi connectivity index (χ0n) is 12.1. The molecule has 0 aliphatic carbocycles. The van der Waals surface area contributed by atoms with Gasteiger partial charge in [0.05, 0.1) is 0 Å². The summed E-state index contributed by atoms with van der Waals surface area (Å²) in [6, 6.07) is 9.53. The summed E-state index contributed by atoms with van der Waals surface area (Å²) in [5, 5.41) is 0.244. The lowest BCUT2D eigenvalue weighted by Crippen LogP contribution is -2.43. The van der Waals surface area contributed by atoms with E-state index in [1.165, 1.54) is 11.2 Å². The minimum absolute atomic E-state index is 0.215. The highest BCUT2D eigenvalue weighted by Crippen LogP contribution is 2.35. The van der Waals surface area contributed by atoms with E-state index in [9.17, 15) is 4.79 Å². The molecule has 7 heteroatoms. The molecular weight excluding hydrogens is 304 g/mol. The van der Waals surface area contributed by atoms with Crippen molar-refractivity contribution in [2.24, 2.45) is 0 Å². The third-order valence-electron chi connectivity index (χ3n) is 3.47. The molecule has 0 unspecified atom stereocenters. The molecule has 0 fully saturated rings. The zero-order valence-corrected chi connectivity index (χ0v) is 12.8. The number of likely N-dealkylation sites (N-methyl/N-ethyl adjacent to an activating group) is 1. The van der Waals surface area contributed by atoms with Crippen LogP contribution in [0.15, 0.2) is 36.7 Å². The van der Waals surface area contributed by atoms with Crippen LogP contribution < -0.4 is 9.80 Å². The molecule has 114 valence electrons. The molecule has 0 spiro atoms. The number of hydrogen-bond acceptors (Lipinski definition) is 5. The minimum Gasteiger partial charge on any atom is -0.444 e. The van der Waals surface area contributed by atoms with Crippen LogP contribution >= 0.6 is 11.6 Å². The van der Waals surface area contributed by atoms with Gasteiger partial charge < -0.3 is 9.64 Å². The van der Waals surface area contributed by atoms with Crippen LogP contribution in [0, 0.1) is 0 Å². The molecule has 1 aliphatic heterocycles. The van der Waals surface area contributed by atoms with Crippen molar-refractivity contribution < 1.29 is 9.53 Å². The number of hydrogen-bond donors (Lipinski definition) is 0. The van der Waals surface area contributed by atoms with Crippen LogP contribution in [0.3, 0.4) is 0 Å². The molecule has 1 aliphatic rings. The predicted octanol–water partition coefficient (Wildman–Crippen LogP) is 2.72. The van der Waals surface area contributed by atoms with Crippen molar-refractivity contribution in [2.45, 2.75) is 6.61 Å². The minimum atomic E-state index is -0.449. The highest BCUT2D eigenvalue weighted by atomic mass is 35.5. The van der Waals surface area contributed by atoms with E-state index in [-0.39, 0.29) is 11.8 Å². The fourth-order valence-electron chi connectivity index (χ4n) is 2.31. The van der Waals surface area contributed by atoms with Gasteiger partial charge in [0.15, 0.2) is 11.0 Å². The van der Waals surface area contributed by atoms with Crippen molar-refractivity contribution in [3.63, 3.8) is 0 Å². The van der Waals surface area contributed by atoms with Crippen LogP contribution in [0.25, 0.3) is 0 Å². The molecule has 0 N–H and O–H groups in total. The van der Waals surface area contributed by atoms with E-state index < -0.39 is 6.09 Å². The Labute approximate surface area is 133 Å². The van der Waals surface area contributed by atoms with E-state index in [0.29, 0.717) is 24.6 Å². The standard InChI is InChI=1S/C15H15ClN4O2/c1-19-7-8-20(12-13(16)17-10-18-14(12)19)15(21)22-9-11-5-3-2-4-6-11/h2-6,10H,7-9H2,1H3. The summed E-state index contributed by atoms with van der Waals surface area (Å²) < 4.78 is 5.37. The van der Waals surface area contributed by atoms with Gasteiger partial charge in [-0.15, -0.1) is 0 Å². The van der Waals surface area contributed by atoms with Gasteiger partial charge in [-0.1, -0.05) is 41.9 Å². The lowest BCUT2D eigenvalue weighted by atomic mass is 10.2. The second kappa shape index (κ2) is 6.19. The fourth-order valence-corrected chi connectivity index (χ4v) is 2.54. The third kappa shape index (κ3) is 2.82. The van der Waals surface area contributed by atoms with E-state index in [2.05, 4.69) is 9.97 Å². The first-order valence-electron chi connectivity index (χ1n) is 6.86. The van der Waals surface area contributed by atoms with Gasteiger partial charge in [0.1, 0.15) is 18.6 Å². The van der Waals surface area contributed by atoms with Crippen LogP contribution in [-0.2, 0) is 11.3 Å². The second-order valence-electron chi connectivity index (χ2n) is 4.95. The molecule has 22 heavy (non-hydrogen) atoms. The van der Waals surface area contributed by atoms with Crippen molar-refractivity contribution in [1.82, 2.24) is 9.97 Å². The highest BCUT2D eigenvalue weighted by molar-refractivity contribution is 6.33. The number of fused-ring (bicyclic) bond motifs is 1. The Balaban J connectivity index is 1.78. The number of amides is 1. The van der Waals surface area contributed by atoms with Crippen molar-refractivity contribution in [3.05, 3.63) is 47.4 Å². The Morgan fingerprint density at radius 1 is 1.27 bits per heavy atom. The topological polar surface area (TPSA) is 58.6 Å². The van der Waals surface area contributed by atoms with Gasteiger partial charge in [-0.2, -0.15) is 0 Å². The Bertz CT molecular complexity index is 680. The molecule has 6 nitrogen and oxygen atoms in total. The number of nitrogens with zero attached hydrogens (tertiary/aromatic N) is 4. The predicted molar refractivity (Wildman–Crippen MR) is 84.3 cm³/mol. The van der Waals surface area contributed by atoms with Gasteiger partial charge in [0, 0.05) is 20.1 Å². The van der Waals surface area contributed by atoms with Gasteiger partial charge in [0.2, 0.25) is 0 Å². The van der Waals surface area contributed by atoms with Crippen LogP contribution in [0.2, 0.25) is 5.15 Å². The van der Waals surface area contributed by atoms with Crippen molar-refractivity contribution in [2.75, 3.05) is 29.9 Å². The number of carbonyl (C=O) groups excluding carboxylic acids is 1. The zero-order chi connectivity index (χ0) is 15.5. The van der Waals surface area contributed by atoms with Gasteiger partial charge >= 0.3 is 6.09 Å². The fraction of sp³-hybridized carbons (Fsp3) is 0.267. The molecule has 0 atom stereocenters. The summed E-state index contributed by atoms with van der Waals surface area (Å²) in [4.78, 5) is 23.9. The largest absolute Gasteiger partial charge is 0.444 e. The summed E-state index contributed by atoms with van der Waals surface area (Å²) in [5.41, 5.74) is 1.43. The van der Waals surface area contributed by atoms with Gasteiger partial charge in [-0.05, 0) is 5.56 Å². The third-order valence-corrected chi connectivity index (χ3v) is 3.75. The number of carbonyl (C=O) groups is 1. The lowest BCUT2D eigenvalue weighted by Gasteiger charge is -2.33. The van der Waals surface area contributed by atoms with Crippen molar-refractivity contribution >= 4 is 29.2 Å². The van der Waals surface area contributed by atoms with E-state index in [4.69, 9.17) is 16.3 Å². The smallest absolute Gasteiger partial charge is 0.414 e. The first-order valence-corrected chi connectivity index (χ1v) is 7.24. The summed E-state index contributed by atoms with van der Waals surface area (Å²) >= 11 is 6.14. The Morgan fingerprint density at radius 2 is 2.05 bits per heavy atom. The number of benzene rings is 1. The molecule has 2 aromatic rings. The number of halogens is 1. The number of anilines is 2. The summed E-state index contributed by atoms with van der Waals surface area (Å²) in [6.45, 7) is 1.34.